The molecule has 0 spiro atoms. The number of amides is 2. The first-order valence-corrected chi connectivity index (χ1v) is 8.94. The molecule has 0 atom stereocenters. The molecule has 0 bridgehead atoms. The van der Waals surface area contributed by atoms with Crippen LogP contribution in [0.1, 0.15) is 46.5 Å². The molecule has 8 nitrogen and oxygen atoms in total. The van der Waals surface area contributed by atoms with Crippen LogP contribution in [0.15, 0.2) is 0 Å². The molecule has 0 aliphatic rings. The predicted octanol–water partition coefficient (Wildman–Crippen LogP) is 1.18. The van der Waals surface area contributed by atoms with Gasteiger partial charge in [0.15, 0.2) is 0 Å². The normalized spacial score (nSPS) is 11.2. The molecule has 2 amide bonds. The smallest absolute Gasteiger partial charge is 0.407 e. The summed E-state index contributed by atoms with van der Waals surface area (Å²) in [5.74, 6) is -0.0335. The molecule has 0 rings (SSSR count). The summed E-state index contributed by atoms with van der Waals surface area (Å²) in [5.41, 5.74) is 4.86. The van der Waals surface area contributed by atoms with Crippen molar-refractivity contribution in [3.05, 3.63) is 0 Å². The maximum atomic E-state index is 11.6. The fraction of sp³-hybridized carbons (Fsp3) is 0.882. The number of ether oxygens (including phenoxy) is 3. The van der Waals surface area contributed by atoms with E-state index in [1.165, 1.54) is 0 Å². The average Bonchev–Trinajstić information content (AvgIpc) is 2.51. The quantitative estimate of drug-likeness (QED) is 0.401. The summed E-state index contributed by atoms with van der Waals surface area (Å²) in [6.07, 6.45) is 2.21. The number of hydrogen-bond acceptors (Lipinski definition) is 6. The van der Waals surface area contributed by atoms with Crippen LogP contribution in [-0.2, 0) is 19.0 Å². The summed E-state index contributed by atoms with van der Waals surface area (Å²) in [7, 11) is 0. The Labute approximate surface area is 151 Å². The van der Waals surface area contributed by atoms with Gasteiger partial charge in [0.25, 0.3) is 0 Å². The van der Waals surface area contributed by atoms with Crippen LogP contribution in [0.25, 0.3) is 0 Å². The first-order valence-electron chi connectivity index (χ1n) is 8.94. The molecule has 4 N–H and O–H groups in total. The van der Waals surface area contributed by atoms with Crippen molar-refractivity contribution in [3.63, 3.8) is 0 Å². The molecule has 0 unspecified atom stereocenters. The van der Waals surface area contributed by atoms with Crippen LogP contribution in [0, 0.1) is 0 Å². The molecule has 148 valence electrons. The monoisotopic (exact) mass is 361 g/mol. The van der Waals surface area contributed by atoms with Crippen LogP contribution in [0.5, 0.6) is 0 Å². The summed E-state index contributed by atoms with van der Waals surface area (Å²) in [6, 6.07) is 0. The topological polar surface area (TPSA) is 112 Å². The molecule has 0 aromatic heterocycles. The van der Waals surface area contributed by atoms with E-state index in [0.717, 1.165) is 12.8 Å². The number of nitrogens with one attached hydrogen (secondary N) is 2. The molecule has 0 heterocycles. The highest BCUT2D eigenvalue weighted by Crippen LogP contribution is 2.06. The van der Waals surface area contributed by atoms with Crippen molar-refractivity contribution < 1.29 is 23.8 Å². The molecule has 0 saturated heterocycles. The van der Waals surface area contributed by atoms with Crippen molar-refractivity contribution in [2.24, 2.45) is 5.73 Å². The Morgan fingerprint density at radius 1 is 0.880 bits per heavy atom. The van der Waals surface area contributed by atoms with E-state index >= 15 is 0 Å². The summed E-state index contributed by atoms with van der Waals surface area (Å²) in [6.45, 7) is 9.30. The Balaban J connectivity index is 3.33. The minimum absolute atomic E-state index is 0.0335. The van der Waals surface area contributed by atoms with Crippen molar-refractivity contribution in [2.75, 3.05) is 46.1 Å². The molecular weight excluding hydrogens is 326 g/mol. The van der Waals surface area contributed by atoms with Crippen molar-refractivity contribution in [1.82, 2.24) is 10.6 Å². The van der Waals surface area contributed by atoms with E-state index in [-0.39, 0.29) is 5.91 Å². The van der Waals surface area contributed by atoms with Gasteiger partial charge in [0.2, 0.25) is 5.91 Å². The largest absolute Gasteiger partial charge is 0.444 e. The maximum Gasteiger partial charge on any atom is 0.407 e. The number of nitrogens with two attached hydrogens (primary N) is 1. The van der Waals surface area contributed by atoms with Gasteiger partial charge in [-0.25, -0.2) is 4.79 Å². The molecule has 25 heavy (non-hydrogen) atoms. The lowest BCUT2D eigenvalue weighted by Crippen LogP contribution is -2.33. The van der Waals surface area contributed by atoms with Crippen LogP contribution in [0.2, 0.25) is 0 Å². The van der Waals surface area contributed by atoms with Crippen LogP contribution in [0.3, 0.4) is 0 Å². The van der Waals surface area contributed by atoms with Gasteiger partial charge in [-0.05, 0) is 46.6 Å². The van der Waals surface area contributed by atoms with Gasteiger partial charge < -0.3 is 30.6 Å². The molecule has 0 aromatic carbocycles. The molecule has 0 aliphatic heterocycles. The van der Waals surface area contributed by atoms with E-state index in [0.29, 0.717) is 58.9 Å². The molecule has 0 aliphatic carbocycles. The number of hydrogen-bond donors (Lipinski definition) is 3. The van der Waals surface area contributed by atoms with Crippen molar-refractivity contribution >= 4 is 12.0 Å². The van der Waals surface area contributed by atoms with Crippen molar-refractivity contribution in [2.45, 2.75) is 52.1 Å². The van der Waals surface area contributed by atoms with E-state index in [1.54, 1.807) is 0 Å². The zero-order valence-corrected chi connectivity index (χ0v) is 15.9. The fourth-order valence-corrected chi connectivity index (χ4v) is 1.72. The van der Waals surface area contributed by atoms with E-state index in [4.69, 9.17) is 19.9 Å². The Kier molecular flexibility index (Phi) is 14.1. The van der Waals surface area contributed by atoms with E-state index < -0.39 is 11.7 Å². The molecule has 0 radical (unpaired) electrons. The molecule has 0 aromatic rings. The third kappa shape index (κ3) is 18.8. The number of carbonyl (C=O) groups excluding carboxylic acids is 2. The summed E-state index contributed by atoms with van der Waals surface area (Å²) in [5, 5.41) is 5.47. The van der Waals surface area contributed by atoms with Gasteiger partial charge in [0, 0.05) is 39.3 Å². The minimum Gasteiger partial charge on any atom is -0.444 e. The first kappa shape index (κ1) is 23.6. The maximum absolute atomic E-state index is 11.6. The Morgan fingerprint density at radius 3 is 2.04 bits per heavy atom. The summed E-state index contributed by atoms with van der Waals surface area (Å²) >= 11 is 0. The first-order chi connectivity index (χ1) is 11.8. The zero-order valence-electron chi connectivity index (χ0n) is 15.9. The van der Waals surface area contributed by atoms with Crippen molar-refractivity contribution in [1.29, 1.82) is 0 Å². The van der Waals surface area contributed by atoms with Gasteiger partial charge in [-0.15, -0.1) is 0 Å². The summed E-state index contributed by atoms with van der Waals surface area (Å²) in [4.78, 5) is 23.0. The number of carbonyl (C=O) groups is 2. The third-order valence-corrected chi connectivity index (χ3v) is 2.89. The Morgan fingerprint density at radius 2 is 1.44 bits per heavy atom. The van der Waals surface area contributed by atoms with E-state index in [9.17, 15) is 9.59 Å². The van der Waals surface area contributed by atoms with Gasteiger partial charge in [-0.1, -0.05) is 0 Å². The van der Waals surface area contributed by atoms with Crippen LogP contribution >= 0.6 is 0 Å². The third-order valence-electron chi connectivity index (χ3n) is 2.89. The number of alkyl carbamates (subject to hydrolysis) is 1. The van der Waals surface area contributed by atoms with Gasteiger partial charge in [-0.2, -0.15) is 0 Å². The Bertz CT molecular complexity index is 359. The predicted molar refractivity (Wildman–Crippen MR) is 96.4 cm³/mol. The molecule has 0 saturated carbocycles. The second-order valence-corrected chi connectivity index (χ2v) is 6.60. The van der Waals surface area contributed by atoms with Gasteiger partial charge >= 0.3 is 6.09 Å². The highest BCUT2D eigenvalue weighted by atomic mass is 16.6. The zero-order chi connectivity index (χ0) is 19.0. The standard InChI is InChI=1S/C17H35N3O5/c1-17(2,3)25-16(22)20-10-6-13-24-14-7-15(21)19-9-5-12-23-11-4-8-18/h4-14,18H2,1-3H3,(H,19,21)(H,20,22). The van der Waals surface area contributed by atoms with Gasteiger partial charge in [0.1, 0.15) is 5.60 Å². The lowest BCUT2D eigenvalue weighted by atomic mass is 10.2. The fourth-order valence-electron chi connectivity index (χ4n) is 1.72. The van der Waals surface area contributed by atoms with Gasteiger partial charge in [-0.3, -0.25) is 4.79 Å². The molecule has 8 heteroatoms. The van der Waals surface area contributed by atoms with Crippen molar-refractivity contribution in [3.8, 4) is 0 Å². The van der Waals surface area contributed by atoms with E-state index in [2.05, 4.69) is 10.6 Å². The second kappa shape index (κ2) is 14.9. The summed E-state index contributed by atoms with van der Waals surface area (Å²) < 4.78 is 15.8. The highest BCUT2D eigenvalue weighted by Gasteiger charge is 2.15. The molecule has 0 fully saturated rings. The highest BCUT2D eigenvalue weighted by molar-refractivity contribution is 5.75. The SMILES string of the molecule is CC(C)(C)OC(=O)NCCCOCCC(=O)NCCCOCCCN. The lowest BCUT2D eigenvalue weighted by Gasteiger charge is -2.19. The van der Waals surface area contributed by atoms with Gasteiger partial charge in [0.05, 0.1) is 6.61 Å². The van der Waals surface area contributed by atoms with Crippen LogP contribution < -0.4 is 16.4 Å². The second-order valence-electron chi connectivity index (χ2n) is 6.60. The van der Waals surface area contributed by atoms with E-state index in [1.807, 2.05) is 20.8 Å². The number of rotatable bonds is 14. The lowest BCUT2D eigenvalue weighted by molar-refractivity contribution is -0.122. The van der Waals surface area contributed by atoms with Crippen LogP contribution in [0.4, 0.5) is 4.79 Å². The molecular formula is C17H35N3O5. The van der Waals surface area contributed by atoms with Crippen LogP contribution in [-0.4, -0.2) is 63.7 Å². The Hall–Kier alpha value is -1.38. The average molecular weight is 361 g/mol. The minimum atomic E-state index is -0.495.